The summed E-state index contributed by atoms with van der Waals surface area (Å²) < 4.78 is 0. The standard InChI is InChI=1S/C10H16ClN/c11-6-2-8-12-7-1-3-10(12)9-4-5-9/h2,6,9-10H,1,3-5,7-8H2/b6-2+. The van der Waals surface area contributed by atoms with Crippen LogP contribution in [0.1, 0.15) is 25.7 Å². The summed E-state index contributed by atoms with van der Waals surface area (Å²) in [5, 5.41) is 0. The molecule has 2 rings (SSSR count). The van der Waals surface area contributed by atoms with E-state index in [-0.39, 0.29) is 0 Å². The van der Waals surface area contributed by atoms with Crippen LogP contribution in [0.4, 0.5) is 0 Å². The number of likely N-dealkylation sites (tertiary alicyclic amines) is 1. The molecular formula is C10H16ClN. The van der Waals surface area contributed by atoms with Crippen LogP contribution < -0.4 is 0 Å². The number of hydrogen-bond acceptors (Lipinski definition) is 1. The van der Waals surface area contributed by atoms with Crippen molar-refractivity contribution in [3.63, 3.8) is 0 Å². The van der Waals surface area contributed by atoms with Crippen molar-refractivity contribution in [1.82, 2.24) is 4.90 Å². The molecule has 0 aromatic carbocycles. The van der Waals surface area contributed by atoms with Crippen molar-refractivity contribution in [1.29, 1.82) is 0 Å². The largest absolute Gasteiger partial charge is 0.296 e. The van der Waals surface area contributed by atoms with Gasteiger partial charge in [-0.05, 0) is 38.1 Å². The molecule has 2 aliphatic rings. The molecule has 1 saturated heterocycles. The first-order valence-corrected chi connectivity index (χ1v) is 5.34. The minimum Gasteiger partial charge on any atom is -0.296 e. The lowest BCUT2D eigenvalue weighted by molar-refractivity contribution is 0.256. The van der Waals surface area contributed by atoms with Gasteiger partial charge in [-0.3, -0.25) is 4.90 Å². The van der Waals surface area contributed by atoms with Crippen LogP contribution in [0.15, 0.2) is 11.6 Å². The highest BCUT2D eigenvalue weighted by Gasteiger charge is 2.37. The summed E-state index contributed by atoms with van der Waals surface area (Å²) in [6, 6.07) is 0.887. The lowest BCUT2D eigenvalue weighted by Crippen LogP contribution is -2.30. The van der Waals surface area contributed by atoms with Crippen LogP contribution >= 0.6 is 11.6 Å². The Hall–Kier alpha value is -0.0100. The van der Waals surface area contributed by atoms with Crippen molar-refractivity contribution >= 4 is 11.6 Å². The fourth-order valence-electron chi connectivity index (χ4n) is 2.27. The Morgan fingerprint density at radius 2 is 2.17 bits per heavy atom. The van der Waals surface area contributed by atoms with Crippen LogP contribution in [0, 0.1) is 5.92 Å². The topological polar surface area (TPSA) is 3.24 Å². The molecule has 0 spiro atoms. The lowest BCUT2D eigenvalue weighted by Gasteiger charge is -2.22. The molecule has 2 fully saturated rings. The molecule has 0 aromatic rings. The highest BCUT2D eigenvalue weighted by atomic mass is 35.5. The normalized spacial score (nSPS) is 31.9. The van der Waals surface area contributed by atoms with E-state index in [0.29, 0.717) is 0 Å². The Bertz CT molecular complexity index is 175. The van der Waals surface area contributed by atoms with Gasteiger partial charge in [0.15, 0.2) is 0 Å². The maximum Gasteiger partial charge on any atom is 0.0177 e. The summed E-state index contributed by atoms with van der Waals surface area (Å²) in [6.45, 7) is 2.34. The third kappa shape index (κ3) is 1.83. The van der Waals surface area contributed by atoms with Crippen LogP contribution in [-0.4, -0.2) is 24.0 Å². The van der Waals surface area contributed by atoms with E-state index in [4.69, 9.17) is 11.6 Å². The molecule has 68 valence electrons. The number of nitrogens with zero attached hydrogens (tertiary/aromatic N) is 1. The Labute approximate surface area is 79.4 Å². The zero-order valence-electron chi connectivity index (χ0n) is 7.38. The smallest absolute Gasteiger partial charge is 0.0177 e. The molecule has 0 radical (unpaired) electrons. The Balaban J connectivity index is 1.85. The van der Waals surface area contributed by atoms with E-state index in [0.717, 1.165) is 18.5 Å². The van der Waals surface area contributed by atoms with E-state index in [9.17, 15) is 0 Å². The van der Waals surface area contributed by atoms with Gasteiger partial charge in [-0.1, -0.05) is 17.7 Å². The average molecular weight is 186 g/mol. The summed E-state index contributed by atoms with van der Waals surface area (Å²) in [7, 11) is 0. The van der Waals surface area contributed by atoms with E-state index in [1.54, 1.807) is 5.54 Å². The summed E-state index contributed by atoms with van der Waals surface area (Å²) in [4.78, 5) is 2.58. The first-order chi connectivity index (χ1) is 5.92. The molecule has 1 aliphatic carbocycles. The quantitative estimate of drug-likeness (QED) is 0.654. The lowest BCUT2D eigenvalue weighted by atomic mass is 10.1. The van der Waals surface area contributed by atoms with Gasteiger partial charge in [0.25, 0.3) is 0 Å². The summed E-state index contributed by atoms with van der Waals surface area (Å²) in [6.07, 6.45) is 7.79. The van der Waals surface area contributed by atoms with Gasteiger partial charge >= 0.3 is 0 Å². The molecule has 1 heterocycles. The first-order valence-electron chi connectivity index (χ1n) is 4.91. The number of rotatable bonds is 3. The van der Waals surface area contributed by atoms with Crippen LogP contribution in [-0.2, 0) is 0 Å². The van der Waals surface area contributed by atoms with Gasteiger partial charge in [-0.15, -0.1) is 0 Å². The molecule has 0 aromatic heterocycles. The summed E-state index contributed by atoms with van der Waals surface area (Å²) in [5.41, 5.74) is 1.64. The second-order valence-corrected chi connectivity index (χ2v) is 4.16. The molecule has 1 atom stereocenters. The third-order valence-electron chi connectivity index (χ3n) is 3.01. The average Bonchev–Trinajstić information content (AvgIpc) is 2.83. The maximum atomic E-state index is 5.52. The predicted octanol–water partition coefficient (Wildman–Crippen LogP) is 2.61. The molecule has 12 heavy (non-hydrogen) atoms. The molecule has 1 saturated carbocycles. The van der Waals surface area contributed by atoms with Crippen molar-refractivity contribution in [2.45, 2.75) is 31.7 Å². The number of hydrogen-bond donors (Lipinski definition) is 0. The molecule has 2 heteroatoms. The van der Waals surface area contributed by atoms with Crippen molar-refractivity contribution in [2.24, 2.45) is 5.92 Å². The SMILES string of the molecule is Cl/C=C/CN1CCCC1C1CC1. The summed E-state index contributed by atoms with van der Waals surface area (Å²) in [5.74, 6) is 1.02. The number of halogens is 1. The van der Waals surface area contributed by atoms with E-state index >= 15 is 0 Å². The molecule has 1 unspecified atom stereocenters. The van der Waals surface area contributed by atoms with Gasteiger partial charge in [-0.2, -0.15) is 0 Å². The molecular weight excluding hydrogens is 170 g/mol. The van der Waals surface area contributed by atoms with E-state index in [1.165, 1.54) is 32.2 Å². The van der Waals surface area contributed by atoms with Gasteiger partial charge in [0.2, 0.25) is 0 Å². The zero-order valence-corrected chi connectivity index (χ0v) is 8.13. The molecule has 0 N–H and O–H groups in total. The second-order valence-electron chi connectivity index (χ2n) is 3.90. The minimum atomic E-state index is 0.887. The molecule has 0 amide bonds. The molecule has 1 nitrogen and oxygen atoms in total. The third-order valence-corrected chi connectivity index (χ3v) is 3.19. The van der Waals surface area contributed by atoms with Gasteiger partial charge < -0.3 is 0 Å². The van der Waals surface area contributed by atoms with Gasteiger partial charge in [0.05, 0.1) is 0 Å². The van der Waals surface area contributed by atoms with Crippen molar-refractivity contribution in [3.8, 4) is 0 Å². The van der Waals surface area contributed by atoms with Crippen molar-refractivity contribution < 1.29 is 0 Å². The summed E-state index contributed by atoms with van der Waals surface area (Å²) >= 11 is 5.52. The highest BCUT2D eigenvalue weighted by Crippen LogP contribution is 2.39. The zero-order chi connectivity index (χ0) is 8.39. The Morgan fingerprint density at radius 1 is 1.33 bits per heavy atom. The van der Waals surface area contributed by atoms with Crippen LogP contribution in [0.3, 0.4) is 0 Å². The van der Waals surface area contributed by atoms with Crippen molar-refractivity contribution in [3.05, 3.63) is 11.6 Å². The van der Waals surface area contributed by atoms with Gasteiger partial charge in [0.1, 0.15) is 0 Å². The van der Waals surface area contributed by atoms with Crippen molar-refractivity contribution in [2.75, 3.05) is 13.1 Å². The fourth-order valence-corrected chi connectivity index (χ4v) is 2.35. The van der Waals surface area contributed by atoms with E-state index in [2.05, 4.69) is 11.0 Å². The highest BCUT2D eigenvalue weighted by molar-refractivity contribution is 6.25. The second kappa shape index (κ2) is 3.80. The maximum absolute atomic E-state index is 5.52. The van der Waals surface area contributed by atoms with Gasteiger partial charge in [0, 0.05) is 18.1 Å². The van der Waals surface area contributed by atoms with Crippen LogP contribution in [0.5, 0.6) is 0 Å². The van der Waals surface area contributed by atoms with Crippen LogP contribution in [0.25, 0.3) is 0 Å². The minimum absolute atomic E-state index is 0.887. The van der Waals surface area contributed by atoms with E-state index in [1.807, 2.05) is 0 Å². The van der Waals surface area contributed by atoms with E-state index < -0.39 is 0 Å². The molecule has 1 aliphatic heterocycles. The fraction of sp³-hybridized carbons (Fsp3) is 0.800. The first kappa shape index (κ1) is 8.58. The Morgan fingerprint density at radius 3 is 2.83 bits per heavy atom. The Kier molecular flexibility index (Phi) is 2.72. The van der Waals surface area contributed by atoms with Gasteiger partial charge in [-0.25, -0.2) is 0 Å². The predicted molar refractivity (Wildman–Crippen MR) is 52.3 cm³/mol. The monoisotopic (exact) mass is 185 g/mol. The van der Waals surface area contributed by atoms with Crippen LogP contribution in [0.2, 0.25) is 0 Å². The molecule has 0 bridgehead atoms.